The Hall–Kier alpha value is -2.67. The molecule has 0 radical (unpaired) electrons. The average Bonchev–Trinajstić information content (AvgIpc) is 2.74. The van der Waals surface area contributed by atoms with Gasteiger partial charge >= 0.3 is 5.97 Å². The maximum atomic E-state index is 11.7. The average molecular weight is 454 g/mol. The number of hydrogen-bond donors (Lipinski definition) is 2. The summed E-state index contributed by atoms with van der Waals surface area (Å²) in [6.07, 6.45) is 8.95. The molecule has 1 aliphatic carbocycles. The summed E-state index contributed by atoms with van der Waals surface area (Å²) >= 11 is 0. The van der Waals surface area contributed by atoms with E-state index in [2.05, 4.69) is 28.7 Å². The Balaban J connectivity index is 1.59. The molecule has 178 valence electrons. The third kappa shape index (κ3) is 5.46. The summed E-state index contributed by atoms with van der Waals surface area (Å²) < 4.78 is 5.81. The lowest BCUT2D eigenvalue weighted by Gasteiger charge is -2.40. The van der Waals surface area contributed by atoms with Crippen molar-refractivity contribution in [2.45, 2.75) is 71.3 Å². The summed E-state index contributed by atoms with van der Waals surface area (Å²) in [5.41, 5.74) is 3.78. The monoisotopic (exact) mass is 453 g/mol. The Bertz CT molecular complexity index is 989. The lowest BCUT2D eigenvalue weighted by Crippen LogP contribution is -2.38. The smallest absolute Gasteiger partial charge is 0.307 e. The topological polar surface area (TPSA) is 95.8 Å². The number of carboxylic acids is 1. The van der Waals surface area contributed by atoms with Gasteiger partial charge in [0.15, 0.2) is 0 Å². The molecular weight excluding hydrogens is 418 g/mol. The summed E-state index contributed by atoms with van der Waals surface area (Å²) in [4.78, 5) is 23.1. The number of aromatic nitrogens is 2. The third-order valence-corrected chi connectivity index (χ3v) is 7.26. The highest BCUT2D eigenvalue weighted by molar-refractivity contribution is 5.83. The molecule has 33 heavy (non-hydrogen) atoms. The minimum absolute atomic E-state index is 0.0635. The first-order valence-corrected chi connectivity index (χ1v) is 11.9. The number of hydrogen-bond acceptors (Lipinski definition) is 6. The first kappa shape index (κ1) is 23.5. The molecule has 0 aromatic carbocycles. The van der Waals surface area contributed by atoms with Gasteiger partial charge in [-0.05, 0) is 56.6 Å². The molecule has 0 amide bonds. The van der Waals surface area contributed by atoms with Crippen molar-refractivity contribution < 1.29 is 19.7 Å². The molecule has 1 saturated heterocycles. The number of aliphatic hydroxyl groups is 1. The van der Waals surface area contributed by atoms with Crippen molar-refractivity contribution >= 4 is 11.7 Å². The predicted molar refractivity (Wildman–Crippen MR) is 128 cm³/mol. The summed E-state index contributed by atoms with van der Waals surface area (Å²) in [7, 11) is 0. The van der Waals surface area contributed by atoms with Gasteiger partial charge in [-0.3, -0.25) is 14.8 Å². The molecule has 4 rings (SSSR count). The number of aliphatic carboxylic acids is 1. The molecule has 0 atom stereocenters. The lowest BCUT2D eigenvalue weighted by molar-refractivity contribution is -0.136. The van der Waals surface area contributed by atoms with Gasteiger partial charge in [-0.25, -0.2) is 0 Å². The fourth-order valence-corrected chi connectivity index (χ4v) is 4.70. The van der Waals surface area contributed by atoms with Gasteiger partial charge in [-0.15, -0.1) is 0 Å². The van der Waals surface area contributed by atoms with E-state index in [1.165, 1.54) is 0 Å². The lowest BCUT2D eigenvalue weighted by atomic mass is 9.78. The van der Waals surface area contributed by atoms with Gasteiger partial charge in [0.2, 0.25) is 0 Å². The SMILES string of the molecule is Cc1ncc(-c2ccc(OCCC3(O)CCC3)cn2)c(N2CCC(C)(C)CC2)c1CC(=O)O. The van der Waals surface area contributed by atoms with Crippen molar-refractivity contribution in [3.63, 3.8) is 0 Å². The number of aryl methyl sites for hydroxylation is 1. The standard InChI is InChI=1S/C26H35N3O4/c1-18-20(15-23(30)31)24(29-12-9-25(2,3)10-13-29)21(17-27-18)22-6-5-19(16-28-22)33-14-11-26(32)7-4-8-26/h5-6,16-17,32H,4,7-15H2,1-3H3,(H,30,31). The van der Waals surface area contributed by atoms with Gasteiger partial charge in [0.05, 0.1) is 36.2 Å². The van der Waals surface area contributed by atoms with E-state index < -0.39 is 11.6 Å². The number of piperidine rings is 1. The van der Waals surface area contributed by atoms with Gasteiger partial charge < -0.3 is 19.8 Å². The Morgan fingerprint density at radius 3 is 2.42 bits per heavy atom. The number of pyridine rings is 2. The van der Waals surface area contributed by atoms with Crippen molar-refractivity contribution in [1.82, 2.24) is 9.97 Å². The molecule has 2 fully saturated rings. The van der Waals surface area contributed by atoms with E-state index in [1.54, 1.807) is 6.20 Å². The number of ether oxygens (including phenoxy) is 1. The molecule has 2 N–H and O–H groups in total. The number of rotatable bonds is 8. The molecule has 0 unspecified atom stereocenters. The van der Waals surface area contributed by atoms with Crippen LogP contribution in [0.25, 0.3) is 11.3 Å². The third-order valence-electron chi connectivity index (χ3n) is 7.26. The van der Waals surface area contributed by atoms with E-state index in [4.69, 9.17) is 4.74 Å². The maximum Gasteiger partial charge on any atom is 0.307 e. The fourth-order valence-electron chi connectivity index (χ4n) is 4.70. The first-order chi connectivity index (χ1) is 15.7. The molecular formula is C26H35N3O4. The molecule has 7 nitrogen and oxygen atoms in total. The van der Waals surface area contributed by atoms with Crippen molar-refractivity contribution in [1.29, 1.82) is 0 Å². The highest BCUT2D eigenvalue weighted by Gasteiger charge is 2.34. The van der Waals surface area contributed by atoms with Crippen LogP contribution in [0.4, 0.5) is 5.69 Å². The summed E-state index contributed by atoms with van der Waals surface area (Å²) in [6, 6.07) is 3.79. The molecule has 3 heterocycles. The molecule has 7 heteroatoms. The second-order valence-corrected chi connectivity index (χ2v) is 10.4. The summed E-state index contributed by atoms with van der Waals surface area (Å²) in [6.45, 7) is 8.65. The molecule has 2 aromatic rings. The van der Waals surface area contributed by atoms with Gasteiger partial charge in [-0.1, -0.05) is 13.8 Å². The Kier molecular flexibility index (Phi) is 6.61. The predicted octanol–water partition coefficient (Wildman–Crippen LogP) is 4.39. The van der Waals surface area contributed by atoms with Crippen LogP contribution in [0.2, 0.25) is 0 Å². The molecule has 0 spiro atoms. The van der Waals surface area contributed by atoms with Crippen LogP contribution in [0.3, 0.4) is 0 Å². The Morgan fingerprint density at radius 1 is 1.12 bits per heavy atom. The van der Waals surface area contributed by atoms with Gasteiger partial charge in [0.1, 0.15) is 5.75 Å². The van der Waals surface area contributed by atoms with Gasteiger partial charge in [0.25, 0.3) is 0 Å². The van der Waals surface area contributed by atoms with Gasteiger partial charge in [-0.2, -0.15) is 0 Å². The van der Waals surface area contributed by atoms with Crippen molar-refractivity contribution in [3.05, 3.63) is 35.8 Å². The molecule has 2 aliphatic rings. The molecule has 1 aliphatic heterocycles. The first-order valence-electron chi connectivity index (χ1n) is 11.9. The maximum absolute atomic E-state index is 11.7. The number of anilines is 1. The van der Waals surface area contributed by atoms with Crippen LogP contribution in [0.1, 0.15) is 63.6 Å². The van der Waals surface area contributed by atoms with Crippen molar-refractivity contribution in [3.8, 4) is 17.0 Å². The minimum Gasteiger partial charge on any atom is -0.492 e. The zero-order chi connectivity index (χ0) is 23.6. The van der Waals surface area contributed by atoms with Gasteiger partial charge in [0, 0.05) is 42.5 Å². The fraction of sp³-hybridized carbons (Fsp3) is 0.577. The molecule has 0 bridgehead atoms. The van der Waals surface area contributed by atoms with E-state index in [9.17, 15) is 15.0 Å². The summed E-state index contributed by atoms with van der Waals surface area (Å²) in [5, 5.41) is 19.8. The Morgan fingerprint density at radius 2 is 1.85 bits per heavy atom. The molecule has 1 saturated carbocycles. The number of carbonyl (C=O) groups is 1. The highest BCUT2D eigenvalue weighted by atomic mass is 16.5. The van der Waals surface area contributed by atoms with Crippen LogP contribution in [0, 0.1) is 12.3 Å². The van der Waals surface area contributed by atoms with Crippen LogP contribution in [0.15, 0.2) is 24.5 Å². The van der Waals surface area contributed by atoms with Crippen molar-refractivity contribution in [2.75, 3.05) is 24.6 Å². The largest absolute Gasteiger partial charge is 0.492 e. The zero-order valence-electron chi connectivity index (χ0n) is 19.9. The molecule has 2 aromatic heterocycles. The van der Waals surface area contributed by atoms with E-state index in [-0.39, 0.29) is 11.8 Å². The van der Waals surface area contributed by atoms with Crippen LogP contribution in [0.5, 0.6) is 5.75 Å². The number of carboxylic acid groups (broad SMARTS) is 1. The number of nitrogens with zero attached hydrogens (tertiary/aromatic N) is 3. The van der Waals surface area contributed by atoms with Crippen LogP contribution >= 0.6 is 0 Å². The normalized spacial score (nSPS) is 19.1. The summed E-state index contributed by atoms with van der Waals surface area (Å²) in [5.74, 6) is -0.200. The Labute approximate surface area is 195 Å². The van der Waals surface area contributed by atoms with E-state index in [1.807, 2.05) is 25.3 Å². The van der Waals surface area contributed by atoms with Crippen LogP contribution in [-0.4, -0.2) is 51.4 Å². The van der Waals surface area contributed by atoms with Crippen LogP contribution < -0.4 is 9.64 Å². The minimum atomic E-state index is -0.861. The quantitative estimate of drug-likeness (QED) is 0.612. The van der Waals surface area contributed by atoms with E-state index in [0.29, 0.717) is 18.8 Å². The van der Waals surface area contributed by atoms with Crippen LogP contribution in [-0.2, 0) is 11.2 Å². The zero-order valence-corrected chi connectivity index (χ0v) is 19.9. The second-order valence-electron chi connectivity index (χ2n) is 10.4. The second kappa shape index (κ2) is 9.29. The van der Waals surface area contributed by atoms with E-state index >= 15 is 0 Å². The highest BCUT2D eigenvalue weighted by Crippen LogP contribution is 2.39. The van der Waals surface area contributed by atoms with Crippen molar-refractivity contribution in [2.24, 2.45) is 5.41 Å². The van der Waals surface area contributed by atoms with E-state index in [0.717, 1.165) is 73.4 Å².